The molecule has 2 aromatic rings. The summed E-state index contributed by atoms with van der Waals surface area (Å²) < 4.78 is 1.06. The Morgan fingerprint density at radius 2 is 1.74 bits per heavy atom. The minimum atomic E-state index is 0.000369. The Morgan fingerprint density at radius 1 is 1.11 bits per heavy atom. The van der Waals surface area contributed by atoms with Crippen molar-refractivity contribution in [2.45, 2.75) is 19.9 Å². The van der Waals surface area contributed by atoms with E-state index in [1.807, 2.05) is 13.0 Å². The number of anilines is 2. The van der Waals surface area contributed by atoms with Gasteiger partial charge in [0.25, 0.3) is 0 Å². The fraction of sp³-hybridized carbons (Fsp3) is 0.250. The number of hydrogen-bond acceptors (Lipinski definition) is 2. The van der Waals surface area contributed by atoms with Crippen LogP contribution in [0, 0.1) is 6.92 Å². The van der Waals surface area contributed by atoms with Gasteiger partial charge in [-0.15, -0.1) is 0 Å². The van der Waals surface area contributed by atoms with E-state index >= 15 is 0 Å². The number of aryl methyl sites for hydroxylation is 1. The zero-order chi connectivity index (χ0) is 14.0. The molecule has 0 fully saturated rings. The number of hydrogen-bond donors (Lipinski definition) is 1. The third-order valence-corrected chi connectivity index (χ3v) is 3.76. The van der Waals surface area contributed by atoms with Gasteiger partial charge in [-0.05, 0) is 49.7 Å². The maximum absolute atomic E-state index is 6.08. The molecule has 0 saturated heterocycles. The molecule has 0 aliphatic carbocycles. The predicted octanol–water partition coefficient (Wildman–Crippen LogP) is 4.55. The highest BCUT2D eigenvalue weighted by atomic mass is 79.9. The fourth-order valence-corrected chi connectivity index (χ4v) is 2.48. The molecule has 0 amide bonds. The van der Waals surface area contributed by atoms with E-state index in [-0.39, 0.29) is 6.04 Å². The van der Waals surface area contributed by atoms with E-state index in [4.69, 9.17) is 5.73 Å². The lowest BCUT2D eigenvalue weighted by Gasteiger charge is -2.24. The van der Waals surface area contributed by atoms with E-state index in [9.17, 15) is 0 Å². The molecule has 2 nitrogen and oxygen atoms in total. The molecule has 2 N–H and O–H groups in total. The van der Waals surface area contributed by atoms with Crippen molar-refractivity contribution >= 4 is 27.3 Å². The Kier molecular flexibility index (Phi) is 4.27. The summed E-state index contributed by atoms with van der Waals surface area (Å²) in [4.78, 5) is 2.17. The second-order valence-electron chi connectivity index (χ2n) is 4.89. The molecule has 2 rings (SSSR count). The molecular weight excluding hydrogens is 300 g/mol. The third-order valence-electron chi connectivity index (χ3n) is 3.26. The van der Waals surface area contributed by atoms with Gasteiger partial charge < -0.3 is 10.6 Å². The zero-order valence-corrected chi connectivity index (χ0v) is 13.1. The van der Waals surface area contributed by atoms with Gasteiger partial charge in [-0.3, -0.25) is 0 Å². The number of nitrogens with two attached hydrogens (primary N) is 1. The van der Waals surface area contributed by atoms with E-state index in [2.05, 4.69) is 71.2 Å². The van der Waals surface area contributed by atoms with Crippen molar-refractivity contribution in [1.29, 1.82) is 0 Å². The highest BCUT2D eigenvalue weighted by Gasteiger charge is 2.12. The van der Waals surface area contributed by atoms with Gasteiger partial charge in [0.05, 0.1) is 0 Å². The van der Waals surface area contributed by atoms with Crippen LogP contribution >= 0.6 is 15.9 Å². The Morgan fingerprint density at radius 3 is 2.32 bits per heavy atom. The van der Waals surface area contributed by atoms with Crippen molar-refractivity contribution in [3.8, 4) is 0 Å². The Hall–Kier alpha value is -1.32. The molecule has 1 unspecified atom stereocenters. The minimum Gasteiger partial charge on any atom is -0.344 e. The van der Waals surface area contributed by atoms with Crippen LogP contribution in [0.5, 0.6) is 0 Å². The van der Waals surface area contributed by atoms with Crippen LogP contribution in [-0.4, -0.2) is 7.05 Å². The van der Waals surface area contributed by atoms with Gasteiger partial charge in [-0.25, -0.2) is 0 Å². The number of nitrogens with zero attached hydrogens (tertiary/aromatic N) is 1. The molecule has 0 radical (unpaired) electrons. The standard InChI is InChI=1S/C16H19BrN2/c1-11-4-7-14(8-5-11)19(3)16-9-6-13(17)10-15(16)12(2)18/h4-10,12H,18H2,1-3H3. The monoisotopic (exact) mass is 318 g/mol. The Labute approximate surface area is 123 Å². The maximum atomic E-state index is 6.08. The molecule has 0 aromatic heterocycles. The summed E-state index contributed by atoms with van der Waals surface area (Å²) in [5.41, 5.74) is 10.8. The lowest BCUT2D eigenvalue weighted by molar-refractivity contribution is 0.814. The normalized spacial score (nSPS) is 12.3. The largest absolute Gasteiger partial charge is 0.344 e. The lowest BCUT2D eigenvalue weighted by atomic mass is 10.1. The molecular formula is C16H19BrN2. The molecule has 100 valence electrons. The summed E-state index contributed by atoms with van der Waals surface area (Å²) in [5, 5.41) is 0. The van der Waals surface area contributed by atoms with Crippen molar-refractivity contribution < 1.29 is 0 Å². The van der Waals surface area contributed by atoms with E-state index in [1.54, 1.807) is 0 Å². The molecule has 0 saturated carbocycles. The van der Waals surface area contributed by atoms with Crippen molar-refractivity contribution in [3.05, 3.63) is 58.1 Å². The van der Waals surface area contributed by atoms with Crippen molar-refractivity contribution in [1.82, 2.24) is 0 Å². The molecule has 0 heterocycles. The van der Waals surface area contributed by atoms with Gasteiger partial charge in [0, 0.05) is 28.9 Å². The molecule has 0 aliphatic heterocycles. The first-order valence-corrected chi connectivity index (χ1v) is 7.14. The lowest BCUT2D eigenvalue weighted by Crippen LogP contribution is -2.15. The summed E-state index contributed by atoms with van der Waals surface area (Å²) in [6.45, 7) is 4.10. The van der Waals surface area contributed by atoms with E-state index in [1.165, 1.54) is 5.56 Å². The van der Waals surface area contributed by atoms with E-state index < -0.39 is 0 Å². The van der Waals surface area contributed by atoms with Crippen LogP contribution in [0.3, 0.4) is 0 Å². The first kappa shape index (κ1) is 14.1. The second kappa shape index (κ2) is 5.76. The maximum Gasteiger partial charge on any atom is 0.0457 e. The predicted molar refractivity (Wildman–Crippen MR) is 86.0 cm³/mol. The third kappa shape index (κ3) is 3.17. The van der Waals surface area contributed by atoms with Crippen LogP contribution < -0.4 is 10.6 Å². The first-order chi connectivity index (χ1) is 8.99. The van der Waals surface area contributed by atoms with Gasteiger partial charge in [-0.1, -0.05) is 33.6 Å². The van der Waals surface area contributed by atoms with Crippen molar-refractivity contribution in [2.24, 2.45) is 5.73 Å². The smallest absolute Gasteiger partial charge is 0.0457 e. The molecule has 2 aromatic carbocycles. The minimum absolute atomic E-state index is 0.000369. The second-order valence-corrected chi connectivity index (χ2v) is 5.80. The molecule has 0 bridgehead atoms. The molecule has 1 atom stereocenters. The van der Waals surface area contributed by atoms with Crippen LogP contribution in [0.2, 0.25) is 0 Å². The molecule has 0 spiro atoms. The highest BCUT2D eigenvalue weighted by molar-refractivity contribution is 9.10. The average Bonchev–Trinajstić information content (AvgIpc) is 2.38. The van der Waals surface area contributed by atoms with Gasteiger partial charge in [0.2, 0.25) is 0 Å². The summed E-state index contributed by atoms with van der Waals surface area (Å²) in [7, 11) is 2.07. The number of halogens is 1. The number of benzene rings is 2. The summed E-state index contributed by atoms with van der Waals surface area (Å²) in [5.74, 6) is 0. The van der Waals surface area contributed by atoms with Gasteiger partial charge in [0.15, 0.2) is 0 Å². The van der Waals surface area contributed by atoms with Gasteiger partial charge in [-0.2, -0.15) is 0 Å². The van der Waals surface area contributed by atoms with Gasteiger partial charge in [0.1, 0.15) is 0 Å². The summed E-state index contributed by atoms with van der Waals surface area (Å²) in [6, 6.07) is 14.7. The molecule has 3 heteroatoms. The first-order valence-electron chi connectivity index (χ1n) is 6.34. The van der Waals surface area contributed by atoms with Crippen LogP contribution in [0.4, 0.5) is 11.4 Å². The highest BCUT2D eigenvalue weighted by Crippen LogP contribution is 2.32. The zero-order valence-electron chi connectivity index (χ0n) is 11.5. The summed E-state index contributed by atoms with van der Waals surface area (Å²) in [6.07, 6.45) is 0. The van der Waals surface area contributed by atoms with Crippen molar-refractivity contribution in [2.75, 3.05) is 11.9 Å². The average molecular weight is 319 g/mol. The van der Waals surface area contributed by atoms with Crippen LogP contribution in [-0.2, 0) is 0 Å². The molecule has 0 aliphatic rings. The van der Waals surface area contributed by atoms with E-state index in [0.717, 1.165) is 21.4 Å². The quantitative estimate of drug-likeness (QED) is 0.899. The topological polar surface area (TPSA) is 29.3 Å². The van der Waals surface area contributed by atoms with Crippen LogP contribution in [0.25, 0.3) is 0 Å². The van der Waals surface area contributed by atoms with Crippen LogP contribution in [0.1, 0.15) is 24.1 Å². The van der Waals surface area contributed by atoms with E-state index in [0.29, 0.717) is 0 Å². The van der Waals surface area contributed by atoms with Gasteiger partial charge >= 0.3 is 0 Å². The fourth-order valence-electron chi connectivity index (χ4n) is 2.10. The summed E-state index contributed by atoms with van der Waals surface area (Å²) >= 11 is 3.51. The Bertz CT molecular complexity index is 561. The Balaban J connectivity index is 2.43. The SMILES string of the molecule is Cc1ccc(N(C)c2ccc(Br)cc2C(C)N)cc1. The van der Waals surface area contributed by atoms with Crippen molar-refractivity contribution in [3.63, 3.8) is 0 Å². The number of rotatable bonds is 3. The van der Waals surface area contributed by atoms with Crippen LogP contribution in [0.15, 0.2) is 46.9 Å². The molecule has 19 heavy (non-hydrogen) atoms.